The summed E-state index contributed by atoms with van der Waals surface area (Å²) in [5, 5.41) is 24.5. The summed E-state index contributed by atoms with van der Waals surface area (Å²) in [6.45, 7) is 0.00410. The number of aldehydes is 1. The zero-order valence-electron chi connectivity index (χ0n) is 25.4. The highest BCUT2D eigenvalue weighted by molar-refractivity contribution is 14.1. The molecule has 0 spiro atoms. The van der Waals surface area contributed by atoms with Gasteiger partial charge in [-0.3, -0.25) is 14.4 Å². The summed E-state index contributed by atoms with van der Waals surface area (Å²) in [5.74, 6) is -0.441. The number of fused-ring (bicyclic) bond motifs is 1. The molecule has 0 aliphatic heterocycles. The van der Waals surface area contributed by atoms with E-state index in [4.69, 9.17) is 13.9 Å². The zero-order valence-corrected chi connectivity index (χ0v) is 27.6. The number of hydrogen-bond donors (Lipinski definition) is 3. The van der Waals surface area contributed by atoms with Crippen LogP contribution in [0.2, 0.25) is 0 Å². The molecule has 0 radical (unpaired) electrons. The Balaban J connectivity index is 1.57. The average molecular weight is 745 g/mol. The van der Waals surface area contributed by atoms with E-state index < -0.39 is 35.7 Å². The van der Waals surface area contributed by atoms with Gasteiger partial charge in [-0.05, 0) is 71.7 Å². The fourth-order valence-corrected chi connectivity index (χ4v) is 6.97. The molecule has 3 aromatic rings. The first kappa shape index (κ1) is 33.6. The third-order valence-electron chi connectivity index (χ3n) is 8.57. The number of aliphatic hydroxyl groups is 2. The Hall–Kier alpha value is -3.75. The number of benzene rings is 2. The van der Waals surface area contributed by atoms with Crippen LogP contribution in [-0.4, -0.2) is 78.3 Å². The van der Waals surface area contributed by atoms with Crippen molar-refractivity contribution in [2.24, 2.45) is 5.92 Å². The Bertz CT molecular complexity index is 1680. The van der Waals surface area contributed by atoms with Gasteiger partial charge in [0.05, 0.1) is 23.3 Å². The van der Waals surface area contributed by atoms with E-state index in [0.717, 1.165) is 32.1 Å². The molecule has 5 rings (SSSR count). The molecule has 46 heavy (non-hydrogen) atoms. The van der Waals surface area contributed by atoms with Crippen LogP contribution < -0.4 is 20.4 Å². The van der Waals surface area contributed by atoms with Gasteiger partial charge in [-0.1, -0.05) is 37.5 Å². The van der Waals surface area contributed by atoms with Crippen LogP contribution >= 0.6 is 22.6 Å². The Labute approximate surface area is 279 Å². The quantitative estimate of drug-likeness (QED) is 0.151. The van der Waals surface area contributed by atoms with E-state index in [2.05, 4.69) is 5.32 Å². The van der Waals surface area contributed by atoms with Crippen LogP contribution in [0.5, 0.6) is 11.5 Å². The molecule has 2 aliphatic rings. The van der Waals surface area contributed by atoms with Crippen LogP contribution in [0.3, 0.4) is 0 Å². The van der Waals surface area contributed by atoms with Crippen LogP contribution in [0.25, 0.3) is 11.0 Å². The molecule has 1 aromatic heterocycles. The second kappa shape index (κ2) is 15.2. The number of amides is 2. The van der Waals surface area contributed by atoms with Gasteiger partial charge in [-0.15, -0.1) is 0 Å². The van der Waals surface area contributed by atoms with Crippen molar-refractivity contribution in [3.05, 3.63) is 79.2 Å². The van der Waals surface area contributed by atoms with Crippen molar-refractivity contribution in [3.63, 3.8) is 0 Å². The monoisotopic (exact) mass is 744 g/mol. The van der Waals surface area contributed by atoms with Crippen molar-refractivity contribution in [2.75, 3.05) is 26.8 Å². The van der Waals surface area contributed by atoms with E-state index in [1.807, 2.05) is 22.6 Å². The zero-order chi connectivity index (χ0) is 32.8. The Morgan fingerprint density at radius 1 is 1.15 bits per heavy atom. The Morgan fingerprint density at radius 3 is 2.63 bits per heavy atom. The molecule has 3 atom stereocenters. The van der Waals surface area contributed by atoms with Gasteiger partial charge in [0.2, 0.25) is 5.91 Å². The first-order chi connectivity index (χ1) is 22.2. The lowest BCUT2D eigenvalue weighted by Gasteiger charge is -2.42. The van der Waals surface area contributed by atoms with E-state index in [0.29, 0.717) is 26.4 Å². The van der Waals surface area contributed by atoms with Crippen molar-refractivity contribution in [1.82, 2.24) is 10.2 Å². The predicted octanol–water partition coefficient (Wildman–Crippen LogP) is 3.86. The van der Waals surface area contributed by atoms with Crippen LogP contribution in [0, 0.1) is 9.49 Å². The van der Waals surface area contributed by atoms with E-state index in [1.54, 1.807) is 30.3 Å². The lowest BCUT2D eigenvalue weighted by atomic mass is 9.85. The minimum atomic E-state index is -1.32. The molecule has 1 fully saturated rings. The molecule has 2 amide bonds. The molecule has 244 valence electrons. The Kier molecular flexibility index (Phi) is 11.1. The minimum absolute atomic E-state index is 0.0106. The third-order valence-corrected chi connectivity index (χ3v) is 9.37. The predicted molar refractivity (Wildman–Crippen MR) is 178 cm³/mol. The van der Waals surface area contributed by atoms with E-state index in [9.17, 15) is 29.4 Å². The second-order valence-electron chi connectivity index (χ2n) is 11.6. The molecule has 2 aliphatic carbocycles. The van der Waals surface area contributed by atoms with Gasteiger partial charge in [-0.2, -0.15) is 0 Å². The van der Waals surface area contributed by atoms with Crippen molar-refractivity contribution in [1.29, 1.82) is 0 Å². The maximum absolute atomic E-state index is 14.4. The molecule has 0 saturated heterocycles. The molecule has 3 N–H and O–H groups in total. The van der Waals surface area contributed by atoms with Gasteiger partial charge in [0.1, 0.15) is 29.6 Å². The summed E-state index contributed by atoms with van der Waals surface area (Å²) in [7, 11) is 1.43. The van der Waals surface area contributed by atoms with Gasteiger partial charge in [-0.25, -0.2) is 4.79 Å². The van der Waals surface area contributed by atoms with Gasteiger partial charge >= 0.3 is 5.63 Å². The number of rotatable bonds is 11. The number of nitrogens with one attached hydrogen (secondary N) is 1. The summed E-state index contributed by atoms with van der Waals surface area (Å²) in [5.41, 5.74) is 0.0130. The number of carbonyl (C=O) groups is 3. The lowest BCUT2D eigenvalue weighted by Crippen LogP contribution is -2.56. The standard InChI is InChI=1S/C34H37IN2O9/c1-44-29-14-21(19-39)13-25(35)31(29)45-28-17-23(32(41)36-11-12-38)16-26(30(28)40)37(18-20-7-3-2-4-8-20)33(42)24-15-22-9-5-6-10-27(22)46-34(24)43/h5-6,9-10,13-15,17,19-20,26,28,30,38,40H,2-4,7-8,11-12,16,18H2,1H3,(H,36,41). The number of nitrogens with zero attached hydrogens (tertiary/aromatic N) is 1. The van der Waals surface area contributed by atoms with Crippen molar-refractivity contribution < 1.29 is 38.5 Å². The van der Waals surface area contributed by atoms with E-state index >= 15 is 0 Å². The van der Waals surface area contributed by atoms with Gasteiger partial charge in [0.15, 0.2) is 11.5 Å². The highest BCUT2D eigenvalue weighted by Gasteiger charge is 2.42. The number of hydrogen-bond acceptors (Lipinski definition) is 9. The third kappa shape index (κ3) is 7.45. The summed E-state index contributed by atoms with van der Waals surface area (Å²) < 4.78 is 17.8. The van der Waals surface area contributed by atoms with Crippen LogP contribution in [-0.2, 0) is 4.79 Å². The molecule has 3 unspecified atom stereocenters. The first-order valence-corrected chi connectivity index (χ1v) is 16.4. The number of para-hydroxylation sites is 1. The summed E-state index contributed by atoms with van der Waals surface area (Å²) in [6, 6.07) is 10.6. The Morgan fingerprint density at radius 2 is 1.91 bits per heavy atom. The molecule has 1 heterocycles. The molecular weight excluding hydrogens is 707 g/mol. The second-order valence-corrected chi connectivity index (χ2v) is 12.8. The summed E-state index contributed by atoms with van der Waals surface area (Å²) in [4.78, 5) is 53.8. The van der Waals surface area contributed by atoms with Crippen LogP contribution in [0.4, 0.5) is 0 Å². The lowest BCUT2D eigenvalue weighted by molar-refractivity contribution is -0.118. The average Bonchev–Trinajstić information content (AvgIpc) is 3.07. The fourth-order valence-electron chi connectivity index (χ4n) is 6.22. The summed E-state index contributed by atoms with van der Waals surface area (Å²) in [6.07, 6.45) is 4.62. The SMILES string of the molecule is COc1cc(C=O)cc(I)c1OC1C=C(C(=O)NCCO)CC(N(CC2CCCCC2)C(=O)c2cc3ccccc3oc2=O)C1O. The van der Waals surface area contributed by atoms with E-state index in [1.165, 1.54) is 30.2 Å². The molecular formula is C34H37IN2O9. The largest absolute Gasteiger partial charge is 0.493 e. The fraction of sp³-hybridized carbons (Fsp3) is 0.412. The van der Waals surface area contributed by atoms with Crippen LogP contribution in [0.1, 0.15) is 59.2 Å². The highest BCUT2D eigenvalue weighted by Crippen LogP contribution is 2.37. The van der Waals surface area contributed by atoms with Gasteiger partial charge in [0.25, 0.3) is 5.91 Å². The minimum Gasteiger partial charge on any atom is -0.493 e. The molecule has 11 nitrogen and oxygen atoms in total. The smallest absolute Gasteiger partial charge is 0.349 e. The number of aliphatic hydroxyl groups excluding tert-OH is 2. The van der Waals surface area contributed by atoms with E-state index in [-0.39, 0.29) is 54.7 Å². The molecule has 1 saturated carbocycles. The van der Waals surface area contributed by atoms with Crippen molar-refractivity contribution in [3.8, 4) is 11.5 Å². The van der Waals surface area contributed by atoms with Crippen molar-refractivity contribution in [2.45, 2.75) is 56.8 Å². The highest BCUT2D eigenvalue weighted by atomic mass is 127. The topological polar surface area (TPSA) is 156 Å². The maximum Gasteiger partial charge on any atom is 0.349 e. The number of carbonyl (C=O) groups excluding carboxylic acids is 3. The molecule has 0 bridgehead atoms. The molecule has 12 heteroatoms. The van der Waals surface area contributed by atoms with Crippen LogP contribution in [0.15, 0.2) is 63.3 Å². The first-order valence-electron chi connectivity index (χ1n) is 15.3. The number of halogens is 1. The molecule has 2 aromatic carbocycles. The summed E-state index contributed by atoms with van der Waals surface area (Å²) >= 11 is 2.00. The van der Waals surface area contributed by atoms with Gasteiger partial charge in [0, 0.05) is 36.0 Å². The normalized spacial score (nSPS) is 20.1. The number of ether oxygens (including phenoxy) is 2. The maximum atomic E-state index is 14.4. The van der Waals surface area contributed by atoms with Crippen molar-refractivity contribution >= 4 is 51.7 Å². The van der Waals surface area contributed by atoms with Gasteiger partial charge < -0.3 is 34.3 Å². The number of methoxy groups -OCH3 is 1.